The van der Waals surface area contributed by atoms with Crippen molar-refractivity contribution in [1.29, 1.82) is 0 Å². The Morgan fingerprint density at radius 1 is 1.15 bits per heavy atom. The topological polar surface area (TPSA) is 48.9 Å². The molecule has 0 aromatic heterocycles. The number of benzene rings is 1. The van der Waals surface area contributed by atoms with Crippen molar-refractivity contribution in [3.05, 3.63) is 29.8 Å². The number of ether oxygens (including phenoxy) is 1. The molecule has 5 nitrogen and oxygen atoms in total. The molecule has 0 atom stereocenters. The van der Waals surface area contributed by atoms with Crippen LogP contribution in [-0.4, -0.2) is 45.9 Å². The van der Waals surface area contributed by atoms with Crippen LogP contribution in [0.4, 0.5) is 5.69 Å². The number of para-hydroxylation sites is 1. The summed E-state index contributed by atoms with van der Waals surface area (Å²) in [5, 5.41) is 6.86. The summed E-state index contributed by atoms with van der Waals surface area (Å²) in [6.07, 6.45) is 3.74. The van der Waals surface area contributed by atoms with Gasteiger partial charge in [0.05, 0.1) is 13.2 Å². The minimum Gasteiger partial charge on any atom is -0.378 e. The highest BCUT2D eigenvalue weighted by Gasteiger charge is 2.14. The Morgan fingerprint density at radius 2 is 1.88 bits per heavy atom. The molecule has 148 valence electrons. The molecule has 0 bridgehead atoms. The van der Waals surface area contributed by atoms with Gasteiger partial charge in [-0.15, -0.1) is 24.0 Å². The Hall–Kier alpha value is -1.02. The minimum atomic E-state index is 0. The average molecular weight is 474 g/mol. The van der Waals surface area contributed by atoms with Gasteiger partial charge < -0.3 is 20.3 Å². The van der Waals surface area contributed by atoms with Crippen LogP contribution in [0.5, 0.6) is 0 Å². The first-order chi connectivity index (χ1) is 12.2. The third-order valence-corrected chi connectivity index (χ3v) is 4.51. The van der Waals surface area contributed by atoms with Gasteiger partial charge in [0.2, 0.25) is 0 Å². The number of halogens is 1. The van der Waals surface area contributed by atoms with Crippen molar-refractivity contribution in [2.45, 2.75) is 39.7 Å². The summed E-state index contributed by atoms with van der Waals surface area (Å²) in [7, 11) is 1.83. The number of nitrogens with one attached hydrogen (secondary N) is 2. The number of anilines is 1. The van der Waals surface area contributed by atoms with Gasteiger partial charge in [0, 0.05) is 38.9 Å². The quantitative estimate of drug-likeness (QED) is 0.262. The second kappa shape index (κ2) is 13.2. The lowest BCUT2D eigenvalue weighted by molar-refractivity contribution is 0.122. The smallest absolute Gasteiger partial charge is 0.191 e. The lowest BCUT2D eigenvalue weighted by atomic mass is 10.1. The van der Waals surface area contributed by atoms with E-state index >= 15 is 0 Å². The van der Waals surface area contributed by atoms with E-state index < -0.39 is 0 Å². The summed E-state index contributed by atoms with van der Waals surface area (Å²) in [6.45, 7) is 9.83. The lowest BCUT2D eigenvalue weighted by Gasteiger charge is -2.30. The summed E-state index contributed by atoms with van der Waals surface area (Å²) in [6, 6.07) is 8.59. The average Bonchev–Trinajstić information content (AvgIpc) is 2.64. The molecule has 1 fully saturated rings. The zero-order valence-electron chi connectivity index (χ0n) is 16.5. The zero-order valence-corrected chi connectivity index (χ0v) is 18.8. The highest BCUT2D eigenvalue weighted by Crippen LogP contribution is 2.21. The van der Waals surface area contributed by atoms with E-state index in [1.54, 1.807) is 0 Å². The second-order valence-electron chi connectivity index (χ2n) is 6.97. The zero-order chi connectivity index (χ0) is 17.9. The molecule has 0 spiro atoms. The maximum Gasteiger partial charge on any atom is 0.191 e. The van der Waals surface area contributed by atoms with Gasteiger partial charge in [-0.05, 0) is 24.0 Å². The van der Waals surface area contributed by atoms with Gasteiger partial charge in [-0.2, -0.15) is 0 Å². The number of morpholine rings is 1. The van der Waals surface area contributed by atoms with E-state index in [4.69, 9.17) is 4.74 Å². The van der Waals surface area contributed by atoms with Gasteiger partial charge in [-0.25, -0.2) is 0 Å². The Bertz CT molecular complexity index is 530. The fourth-order valence-electron chi connectivity index (χ4n) is 3.06. The first kappa shape index (κ1) is 23.0. The molecule has 0 unspecified atom stereocenters. The maximum absolute atomic E-state index is 5.47. The van der Waals surface area contributed by atoms with Crippen molar-refractivity contribution in [3.63, 3.8) is 0 Å². The summed E-state index contributed by atoms with van der Waals surface area (Å²) >= 11 is 0. The van der Waals surface area contributed by atoms with Crippen molar-refractivity contribution in [1.82, 2.24) is 10.6 Å². The number of hydrogen-bond acceptors (Lipinski definition) is 3. The fourth-order valence-corrected chi connectivity index (χ4v) is 3.06. The highest BCUT2D eigenvalue weighted by molar-refractivity contribution is 14.0. The molecule has 0 radical (unpaired) electrons. The van der Waals surface area contributed by atoms with Crippen LogP contribution in [0.2, 0.25) is 0 Å². The first-order valence-corrected chi connectivity index (χ1v) is 9.56. The van der Waals surface area contributed by atoms with E-state index in [1.807, 2.05) is 7.05 Å². The number of unbranched alkanes of at least 4 members (excludes halogenated alkanes) is 1. The van der Waals surface area contributed by atoms with E-state index in [-0.39, 0.29) is 24.0 Å². The Morgan fingerprint density at radius 3 is 2.58 bits per heavy atom. The SMILES string of the molecule is CN=C(NCCCCC(C)C)NCc1ccccc1N1CCOCC1.I. The largest absolute Gasteiger partial charge is 0.378 e. The molecule has 1 aliphatic heterocycles. The molecule has 2 rings (SSSR count). The molecule has 0 saturated carbocycles. The molecule has 0 amide bonds. The molecule has 1 heterocycles. The van der Waals surface area contributed by atoms with E-state index in [1.165, 1.54) is 30.5 Å². The summed E-state index contributed by atoms with van der Waals surface area (Å²) in [4.78, 5) is 6.74. The van der Waals surface area contributed by atoms with Gasteiger partial charge in [-0.1, -0.05) is 44.9 Å². The highest BCUT2D eigenvalue weighted by atomic mass is 127. The van der Waals surface area contributed by atoms with Crippen LogP contribution in [0.25, 0.3) is 0 Å². The van der Waals surface area contributed by atoms with E-state index in [2.05, 4.69) is 58.6 Å². The second-order valence-corrected chi connectivity index (χ2v) is 6.97. The number of guanidine groups is 1. The van der Waals surface area contributed by atoms with Crippen molar-refractivity contribution in [3.8, 4) is 0 Å². The van der Waals surface area contributed by atoms with Crippen LogP contribution in [0.1, 0.15) is 38.7 Å². The number of nitrogens with zero attached hydrogens (tertiary/aromatic N) is 2. The van der Waals surface area contributed by atoms with Crippen LogP contribution in [-0.2, 0) is 11.3 Å². The normalized spacial score (nSPS) is 14.9. The fraction of sp³-hybridized carbons (Fsp3) is 0.650. The van der Waals surface area contributed by atoms with Gasteiger partial charge in [0.15, 0.2) is 5.96 Å². The van der Waals surface area contributed by atoms with Crippen LogP contribution >= 0.6 is 24.0 Å². The third-order valence-electron chi connectivity index (χ3n) is 4.51. The molecule has 26 heavy (non-hydrogen) atoms. The summed E-state index contributed by atoms with van der Waals surface area (Å²) < 4.78 is 5.47. The summed E-state index contributed by atoms with van der Waals surface area (Å²) in [5.74, 6) is 1.66. The van der Waals surface area contributed by atoms with E-state index in [0.717, 1.165) is 51.3 Å². The van der Waals surface area contributed by atoms with Crippen LogP contribution < -0.4 is 15.5 Å². The molecule has 6 heteroatoms. The van der Waals surface area contributed by atoms with E-state index in [9.17, 15) is 0 Å². The molecular formula is C20H35IN4O. The predicted octanol–water partition coefficient (Wildman–Crippen LogP) is 3.63. The van der Waals surface area contributed by atoms with Gasteiger partial charge in [0.1, 0.15) is 0 Å². The molecule has 1 aromatic rings. The molecule has 1 aliphatic rings. The predicted molar refractivity (Wildman–Crippen MR) is 122 cm³/mol. The Labute approximate surface area is 176 Å². The van der Waals surface area contributed by atoms with Crippen LogP contribution in [0, 0.1) is 5.92 Å². The van der Waals surface area contributed by atoms with Crippen molar-refractivity contribution in [2.24, 2.45) is 10.9 Å². The maximum atomic E-state index is 5.47. The monoisotopic (exact) mass is 474 g/mol. The van der Waals surface area contributed by atoms with Crippen LogP contribution in [0.3, 0.4) is 0 Å². The van der Waals surface area contributed by atoms with Gasteiger partial charge in [-0.3, -0.25) is 4.99 Å². The molecule has 1 aromatic carbocycles. The Balaban J connectivity index is 0.00000338. The molecule has 2 N–H and O–H groups in total. The van der Waals surface area contributed by atoms with Gasteiger partial charge >= 0.3 is 0 Å². The molecular weight excluding hydrogens is 439 g/mol. The van der Waals surface area contributed by atoms with Crippen molar-refractivity contribution in [2.75, 3.05) is 44.8 Å². The lowest BCUT2D eigenvalue weighted by Crippen LogP contribution is -2.39. The van der Waals surface area contributed by atoms with Crippen molar-refractivity contribution < 1.29 is 4.74 Å². The molecule has 0 aliphatic carbocycles. The number of aliphatic imine (C=N–C) groups is 1. The minimum absolute atomic E-state index is 0. The van der Waals surface area contributed by atoms with Crippen LogP contribution in [0.15, 0.2) is 29.3 Å². The molecule has 1 saturated heterocycles. The standard InChI is InChI=1S/C20H34N4O.HI/c1-17(2)8-6-7-11-22-20(21-3)23-16-18-9-4-5-10-19(18)24-12-14-25-15-13-24;/h4-5,9-10,17H,6-8,11-16H2,1-3H3,(H2,21,22,23);1H. The van der Waals surface area contributed by atoms with E-state index in [0.29, 0.717) is 0 Å². The van der Waals surface area contributed by atoms with Gasteiger partial charge in [0.25, 0.3) is 0 Å². The number of hydrogen-bond donors (Lipinski definition) is 2. The number of rotatable bonds is 8. The first-order valence-electron chi connectivity index (χ1n) is 9.56. The Kier molecular flexibility index (Phi) is 11.7. The third kappa shape index (κ3) is 8.12. The summed E-state index contributed by atoms with van der Waals surface area (Å²) in [5.41, 5.74) is 2.60. The van der Waals surface area contributed by atoms with Crippen molar-refractivity contribution >= 4 is 35.6 Å².